The first kappa shape index (κ1) is 14.5. The van der Waals surface area contributed by atoms with E-state index in [1.54, 1.807) is 12.1 Å². The number of amides is 1. The summed E-state index contributed by atoms with van der Waals surface area (Å²) in [6, 6.07) is 5.93. The normalized spacial score (nSPS) is 16.1. The average Bonchev–Trinajstić information content (AvgIpc) is 2.63. The molecule has 1 aromatic carbocycles. The summed E-state index contributed by atoms with van der Waals surface area (Å²) >= 11 is 0. The molecule has 1 heterocycles. The lowest BCUT2D eigenvalue weighted by atomic mass is 10.2. The zero-order valence-corrected chi connectivity index (χ0v) is 11.9. The Morgan fingerprint density at radius 3 is 2.65 bits per heavy atom. The fraction of sp³-hybridized carbons (Fsp3) is 0.385. The number of nitrogens with zero attached hydrogens (tertiary/aromatic N) is 1. The van der Waals surface area contributed by atoms with Gasteiger partial charge in [-0.05, 0) is 18.6 Å². The Hall–Kier alpha value is -1.89. The predicted molar refractivity (Wildman–Crippen MR) is 70.3 cm³/mol. The van der Waals surface area contributed by atoms with Crippen LogP contribution >= 0.6 is 0 Å². The second-order valence-electron chi connectivity index (χ2n) is 4.40. The highest BCUT2D eigenvalue weighted by molar-refractivity contribution is 7.90. The molecule has 2 rings (SSSR count). The van der Waals surface area contributed by atoms with Crippen LogP contribution in [0.1, 0.15) is 36.5 Å². The van der Waals surface area contributed by atoms with E-state index in [9.17, 15) is 18.0 Å². The van der Waals surface area contributed by atoms with Crippen LogP contribution in [0, 0.1) is 0 Å². The standard InChI is InChI=1S/C13H15NO5S/c1-2-3-8-12(15)19-9-14-13(16)10-6-4-5-7-11(10)20(14,17)18/h4-7H,2-3,8-9H2,1H3. The van der Waals surface area contributed by atoms with Crippen LogP contribution in [0.4, 0.5) is 0 Å². The van der Waals surface area contributed by atoms with Crippen LogP contribution in [0.3, 0.4) is 0 Å². The molecule has 7 heteroatoms. The molecule has 0 bridgehead atoms. The number of fused-ring (bicyclic) bond motifs is 1. The largest absolute Gasteiger partial charge is 0.443 e. The van der Waals surface area contributed by atoms with Crippen LogP contribution < -0.4 is 0 Å². The number of carbonyl (C=O) groups is 2. The molecule has 1 aromatic rings. The van der Waals surface area contributed by atoms with E-state index < -0.39 is 28.6 Å². The lowest BCUT2D eigenvalue weighted by Crippen LogP contribution is -2.33. The Balaban J connectivity index is 2.12. The minimum atomic E-state index is -3.91. The summed E-state index contributed by atoms with van der Waals surface area (Å²) in [4.78, 5) is 23.3. The van der Waals surface area contributed by atoms with Gasteiger partial charge in [0.1, 0.15) is 4.90 Å². The zero-order chi connectivity index (χ0) is 14.8. The molecule has 0 fully saturated rings. The molecule has 0 spiro atoms. The van der Waals surface area contributed by atoms with Crippen molar-refractivity contribution in [3.63, 3.8) is 0 Å². The molecular weight excluding hydrogens is 282 g/mol. The van der Waals surface area contributed by atoms with Gasteiger partial charge in [-0.2, -0.15) is 4.31 Å². The maximum absolute atomic E-state index is 12.1. The van der Waals surface area contributed by atoms with Crippen molar-refractivity contribution in [3.05, 3.63) is 29.8 Å². The number of carbonyl (C=O) groups excluding carboxylic acids is 2. The average molecular weight is 297 g/mol. The van der Waals surface area contributed by atoms with E-state index in [0.29, 0.717) is 10.7 Å². The van der Waals surface area contributed by atoms with Crippen molar-refractivity contribution < 1.29 is 22.7 Å². The summed E-state index contributed by atoms with van der Waals surface area (Å²) in [5.41, 5.74) is 0.108. The topological polar surface area (TPSA) is 80.8 Å². The van der Waals surface area contributed by atoms with Gasteiger partial charge in [0.05, 0.1) is 5.56 Å². The summed E-state index contributed by atoms with van der Waals surface area (Å²) in [5, 5.41) is 0. The van der Waals surface area contributed by atoms with E-state index >= 15 is 0 Å². The molecule has 0 saturated carbocycles. The fourth-order valence-corrected chi connectivity index (χ4v) is 3.31. The monoisotopic (exact) mass is 297 g/mol. The predicted octanol–water partition coefficient (Wildman–Crippen LogP) is 1.52. The molecule has 1 aliphatic rings. The van der Waals surface area contributed by atoms with Gasteiger partial charge in [0, 0.05) is 6.42 Å². The molecule has 0 atom stereocenters. The third-order valence-electron chi connectivity index (χ3n) is 2.99. The van der Waals surface area contributed by atoms with E-state index in [1.165, 1.54) is 12.1 Å². The maximum Gasteiger partial charge on any atom is 0.307 e. The van der Waals surface area contributed by atoms with Crippen molar-refractivity contribution in [2.45, 2.75) is 31.1 Å². The highest BCUT2D eigenvalue weighted by Gasteiger charge is 2.41. The molecule has 0 saturated heterocycles. The van der Waals surface area contributed by atoms with E-state index in [0.717, 1.165) is 6.42 Å². The van der Waals surface area contributed by atoms with Gasteiger partial charge in [0.25, 0.3) is 15.9 Å². The van der Waals surface area contributed by atoms with Crippen LogP contribution in [-0.2, 0) is 19.6 Å². The summed E-state index contributed by atoms with van der Waals surface area (Å²) in [7, 11) is -3.91. The molecular formula is C13H15NO5S. The first-order chi connectivity index (χ1) is 9.48. The number of benzene rings is 1. The van der Waals surface area contributed by atoms with Gasteiger partial charge in [-0.1, -0.05) is 25.5 Å². The molecule has 6 nitrogen and oxygen atoms in total. The molecule has 1 amide bonds. The number of ether oxygens (including phenoxy) is 1. The van der Waals surface area contributed by atoms with Gasteiger partial charge >= 0.3 is 5.97 Å². The first-order valence-corrected chi connectivity index (χ1v) is 7.74. The molecule has 0 unspecified atom stereocenters. The van der Waals surface area contributed by atoms with Crippen LogP contribution in [0.15, 0.2) is 29.2 Å². The van der Waals surface area contributed by atoms with Crippen LogP contribution in [0.5, 0.6) is 0 Å². The van der Waals surface area contributed by atoms with Crippen molar-refractivity contribution >= 4 is 21.9 Å². The molecule has 1 aliphatic heterocycles. The van der Waals surface area contributed by atoms with Gasteiger partial charge < -0.3 is 4.74 Å². The number of unbranched alkanes of at least 4 members (excludes halogenated alkanes) is 1. The second-order valence-corrected chi connectivity index (χ2v) is 6.23. The highest BCUT2D eigenvalue weighted by atomic mass is 32.2. The van der Waals surface area contributed by atoms with Gasteiger partial charge in [-0.15, -0.1) is 0 Å². The summed E-state index contributed by atoms with van der Waals surface area (Å²) in [6.45, 7) is 1.36. The van der Waals surface area contributed by atoms with Crippen molar-refractivity contribution in [3.8, 4) is 0 Å². The molecule has 0 N–H and O–H groups in total. The van der Waals surface area contributed by atoms with Gasteiger partial charge in [0.2, 0.25) is 0 Å². The molecule has 0 aliphatic carbocycles. The van der Waals surface area contributed by atoms with Crippen LogP contribution in [0.2, 0.25) is 0 Å². The Morgan fingerprint density at radius 1 is 1.30 bits per heavy atom. The van der Waals surface area contributed by atoms with Crippen molar-refractivity contribution in [2.24, 2.45) is 0 Å². The lowest BCUT2D eigenvalue weighted by Gasteiger charge is -2.14. The maximum atomic E-state index is 12.1. The molecule has 20 heavy (non-hydrogen) atoms. The third kappa shape index (κ3) is 2.53. The first-order valence-electron chi connectivity index (χ1n) is 6.30. The van der Waals surface area contributed by atoms with Crippen molar-refractivity contribution in [2.75, 3.05) is 6.73 Å². The van der Waals surface area contributed by atoms with Gasteiger partial charge in [0.15, 0.2) is 6.73 Å². The smallest absolute Gasteiger partial charge is 0.307 e. The minimum absolute atomic E-state index is 0.0467. The van der Waals surface area contributed by atoms with Crippen molar-refractivity contribution in [1.29, 1.82) is 0 Å². The number of rotatable bonds is 5. The van der Waals surface area contributed by atoms with E-state index in [-0.39, 0.29) is 16.9 Å². The Labute approximate surface area is 117 Å². The molecule has 108 valence electrons. The SMILES string of the molecule is CCCCC(=O)OCN1C(=O)c2ccccc2S1(=O)=O. The number of sulfonamides is 1. The number of esters is 1. The second kappa shape index (κ2) is 5.62. The minimum Gasteiger partial charge on any atom is -0.443 e. The number of hydrogen-bond acceptors (Lipinski definition) is 5. The van der Waals surface area contributed by atoms with E-state index in [2.05, 4.69) is 0 Å². The van der Waals surface area contributed by atoms with Gasteiger partial charge in [-0.25, -0.2) is 8.42 Å². The summed E-state index contributed by atoms with van der Waals surface area (Å²) in [6.07, 6.45) is 1.72. The molecule has 0 radical (unpaired) electrons. The van der Waals surface area contributed by atoms with E-state index in [4.69, 9.17) is 4.74 Å². The summed E-state index contributed by atoms with van der Waals surface area (Å²) in [5.74, 6) is -1.17. The third-order valence-corrected chi connectivity index (χ3v) is 4.75. The van der Waals surface area contributed by atoms with Crippen LogP contribution in [-0.4, -0.2) is 31.3 Å². The van der Waals surface area contributed by atoms with Crippen LogP contribution in [0.25, 0.3) is 0 Å². The summed E-state index contributed by atoms with van der Waals surface area (Å²) < 4.78 is 29.7. The molecule has 0 aromatic heterocycles. The number of hydrogen-bond donors (Lipinski definition) is 0. The van der Waals surface area contributed by atoms with E-state index in [1.807, 2.05) is 6.92 Å². The fourth-order valence-electron chi connectivity index (χ4n) is 1.88. The Morgan fingerprint density at radius 2 is 2.00 bits per heavy atom. The quantitative estimate of drug-likeness (QED) is 0.770. The Kier molecular flexibility index (Phi) is 4.08. The zero-order valence-electron chi connectivity index (χ0n) is 11.0. The Bertz CT molecular complexity index is 638. The lowest BCUT2D eigenvalue weighted by molar-refractivity contribution is -0.145. The van der Waals surface area contributed by atoms with Gasteiger partial charge in [-0.3, -0.25) is 9.59 Å². The highest BCUT2D eigenvalue weighted by Crippen LogP contribution is 2.29. The van der Waals surface area contributed by atoms with Crippen molar-refractivity contribution in [1.82, 2.24) is 4.31 Å².